The van der Waals surface area contributed by atoms with Crippen LogP contribution in [0.15, 0.2) is 121 Å². The SMILES string of the molecule is O=C(N[C@@H](Cc1ccccc1)C(=O)N[C@@H](Cc1ccccc1)C(=O)NNC(=O)C1OC1CCc1ccccc1)OCc1ccccc1. The van der Waals surface area contributed by atoms with Gasteiger partial charge in [-0.25, -0.2) is 4.79 Å². The van der Waals surface area contributed by atoms with Gasteiger partial charge in [-0.2, -0.15) is 0 Å². The van der Waals surface area contributed by atoms with Gasteiger partial charge in [0.05, 0.1) is 6.10 Å². The molecule has 5 rings (SSSR count). The number of ether oxygens (including phenoxy) is 2. The van der Waals surface area contributed by atoms with E-state index in [1.807, 2.05) is 121 Å². The molecule has 4 aromatic carbocycles. The van der Waals surface area contributed by atoms with E-state index in [2.05, 4.69) is 21.5 Å². The van der Waals surface area contributed by atoms with Crippen LogP contribution in [0.3, 0.4) is 0 Å². The zero-order valence-corrected chi connectivity index (χ0v) is 25.8. The Labute approximate surface area is 273 Å². The molecule has 47 heavy (non-hydrogen) atoms. The Bertz CT molecular complexity index is 1610. The van der Waals surface area contributed by atoms with E-state index in [9.17, 15) is 19.2 Å². The minimum absolute atomic E-state index is 0.0307. The molecule has 4 atom stereocenters. The highest BCUT2D eigenvalue weighted by atomic mass is 16.6. The lowest BCUT2D eigenvalue weighted by molar-refractivity contribution is -0.133. The number of aryl methyl sites for hydroxylation is 1. The summed E-state index contributed by atoms with van der Waals surface area (Å²) in [5, 5.41) is 5.43. The molecule has 1 heterocycles. The number of nitrogens with one attached hydrogen (secondary N) is 4. The van der Waals surface area contributed by atoms with Crippen LogP contribution < -0.4 is 21.5 Å². The van der Waals surface area contributed by atoms with Crippen LogP contribution in [-0.4, -0.2) is 48.1 Å². The van der Waals surface area contributed by atoms with Crippen LogP contribution in [0.25, 0.3) is 0 Å². The first-order valence-electron chi connectivity index (χ1n) is 15.6. The smallest absolute Gasteiger partial charge is 0.408 e. The zero-order chi connectivity index (χ0) is 32.8. The lowest BCUT2D eigenvalue weighted by atomic mass is 10.0. The van der Waals surface area contributed by atoms with E-state index in [0.29, 0.717) is 6.42 Å². The van der Waals surface area contributed by atoms with Gasteiger partial charge in [0.1, 0.15) is 18.7 Å². The molecule has 2 unspecified atom stereocenters. The minimum Gasteiger partial charge on any atom is -0.445 e. The Morgan fingerprint density at radius 3 is 1.64 bits per heavy atom. The molecule has 0 spiro atoms. The number of carbonyl (C=O) groups excluding carboxylic acids is 4. The van der Waals surface area contributed by atoms with Gasteiger partial charge in [-0.1, -0.05) is 121 Å². The van der Waals surface area contributed by atoms with E-state index in [4.69, 9.17) is 9.47 Å². The average molecular weight is 635 g/mol. The third-order valence-electron chi connectivity index (χ3n) is 7.73. The topological polar surface area (TPSA) is 138 Å². The molecule has 0 aromatic heterocycles. The van der Waals surface area contributed by atoms with Gasteiger partial charge in [0, 0.05) is 12.8 Å². The largest absolute Gasteiger partial charge is 0.445 e. The summed E-state index contributed by atoms with van der Waals surface area (Å²) in [6.07, 6.45) is 0.0718. The second-order valence-electron chi connectivity index (χ2n) is 11.3. The van der Waals surface area contributed by atoms with E-state index in [-0.39, 0.29) is 25.6 Å². The van der Waals surface area contributed by atoms with Gasteiger partial charge in [-0.05, 0) is 35.1 Å². The number of rotatable bonds is 14. The lowest BCUT2D eigenvalue weighted by Crippen LogP contribution is -2.57. The third-order valence-corrected chi connectivity index (χ3v) is 7.73. The van der Waals surface area contributed by atoms with Crippen LogP contribution in [0.5, 0.6) is 0 Å². The van der Waals surface area contributed by atoms with Crippen molar-refractivity contribution < 1.29 is 28.7 Å². The highest BCUT2D eigenvalue weighted by Gasteiger charge is 2.44. The van der Waals surface area contributed by atoms with Gasteiger partial charge in [0.15, 0.2) is 6.10 Å². The van der Waals surface area contributed by atoms with Gasteiger partial charge in [0.25, 0.3) is 11.8 Å². The quantitative estimate of drug-likeness (QED) is 0.123. The van der Waals surface area contributed by atoms with E-state index in [1.54, 1.807) is 0 Å². The molecule has 1 fully saturated rings. The molecule has 4 aromatic rings. The first-order chi connectivity index (χ1) is 22.9. The molecule has 4 N–H and O–H groups in total. The maximum absolute atomic E-state index is 13.7. The van der Waals surface area contributed by atoms with Crippen molar-refractivity contribution in [3.05, 3.63) is 144 Å². The summed E-state index contributed by atoms with van der Waals surface area (Å²) in [5.74, 6) is -1.67. The first kappa shape index (κ1) is 32.9. The number of amides is 4. The highest BCUT2D eigenvalue weighted by molar-refractivity contribution is 5.93. The molecule has 1 saturated heterocycles. The normalized spacial score (nSPS) is 16.2. The molecule has 10 heteroatoms. The first-order valence-corrected chi connectivity index (χ1v) is 15.6. The minimum atomic E-state index is -1.07. The van der Waals surface area contributed by atoms with Crippen LogP contribution in [-0.2, 0) is 49.7 Å². The summed E-state index contributed by atoms with van der Waals surface area (Å²) >= 11 is 0. The Balaban J connectivity index is 1.20. The summed E-state index contributed by atoms with van der Waals surface area (Å²) in [4.78, 5) is 52.6. The second kappa shape index (κ2) is 16.7. The van der Waals surface area contributed by atoms with Crippen molar-refractivity contribution in [3.63, 3.8) is 0 Å². The molecule has 1 aliphatic rings. The molecule has 0 aliphatic carbocycles. The van der Waals surface area contributed by atoms with Crippen LogP contribution in [0.4, 0.5) is 4.79 Å². The predicted molar refractivity (Wildman–Crippen MR) is 175 cm³/mol. The molecular weight excluding hydrogens is 596 g/mol. The van der Waals surface area contributed by atoms with Gasteiger partial charge in [0.2, 0.25) is 5.91 Å². The summed E-state index contributed by atoms with van der Waals surface area (Å²) in [6.45, 7) is 0.0307. The van der Waals surface area contributed by atoms with Crippen molar-refractivity contribution in [2.75, 3.05) is 0 Å². The van der Waals surface area contributed by atoms with Crippen molar-refractivity contribution >= 4 is 23.8 Å². The maximum atomic E-state index is 13.7. The summed E-state index contributed by atoms with van der Waals surface area (Å²) in [6, 6.07) is 35.4. The predicted octanol–water partition coefficient (Wildman–Crippen LogP) is 3.80. The standard InChI is InChI=1S/C37H38N4O6/c42-34(30(23-27-15-7-2-8-16-27)39-37(45)46-25-29-19-11-4-12-20-29)38-31(24-28-17-9-3-10-18-28)35(43)40-41-36(44)33-32(47-33)22-21-26-13-5-1-6-14-26/h1-20,30-33H,21-25H2,(H,38,42)(H,39,45)(H,40,43)(H,41,44)/t30-,31-,32?,33?/m0/s1. The Kier molecular flexibility index (Phi) is 11.7. The maximum Gasteiger partial charge on any atom is 0.408 e. The van der Waals surface area contributed by atoms with Crippen molar-refractivity contribution in [1.29, 1.82) is 0 Å². The molecule has 242 valence electrons. The average Bonchev–Trinajstić information content (AvgIpc) is 3.90. The number of hydrogen-bond acceptors (Lipinski definition) is 6. The molecule has 0 radical (unpaired) electrons. The molecule has 0 saturated carbocycles. The van der Waals surface area contributed by atoms with Gasteiger partial charge in [-0.3, -0.25) is 25.2 Å². The number of hydrogen-bond donors (Lipinski definition) is 4. The number of hydrazine groups is 1. The van der Waals surface area contributed by atoms with E-state index in [0.717, 1.165) is 28.7 Å². The van der Waals surface area contributed by atoms with Crippen LogP contribution in [0, 0.1) is 0 Å². The van der Waals surface area contributed by atoms with Crippen LogP contribution >= 0.6 is 0 Å². The molecule has 0 bridgehead atoms. The van der Waals surface area contributed by atoms with Gasteiger partial charge in [-0.15, -0.1) is 0 Å². The van der Waals surface area contributed by atoms with Crippen molar-refractivity contribution in [2.24, 2.45) is 0 Å². The number of benzene rings is 4. The lowest BCUT2D eigenvalue weighted by Gasteiger charge is -2.23. The summed E-state index contributed by atoms with van der Waals surface area (Å²) in [5.41, 5.74) is 8.43. The number of epoxide rings is 1. The Morgan fingerprint density at radius 1 is 0.596 bits per heavy atom. The third kappa shape index (κ3) is 10.5. The van der Waals surface area contributed by atoms with E-state index in [1.165, 1.54) is 0 Å². The van der Waals surface area contributed by atoms with Crippen LogP contribution in [0.1, 0.15) is 28.7 Å². The molecule has 10 nitrogen and oxygen atoms in total. The summed E-state index contributed by atoms with van der Waals surface area (Å²) in [7, 11) is 0. The monoisotopic (exact) mass is 634 g/mol. The molecule has 1 aliphatic heterocycles. The number of carbonyl (C=O) groups is 4. The molecule has 4 amide bonds. The highest BCUT2D eigenvalue weighted by Crippen LogP contribution is 2.26. The van der Waals surface area contributed by atoms with Crippen molar-refractivity contribution in [2.45, 2.75) is 56.6 Å². The Hall–Kier alpha value is -5.48. The number of alkyl carbamates (subject to hydrolysis) is 1. The molecular formula is C37H38N4O6. The van der Waals surface area contributed by atoms with Crippen LogP contribution in [0.2, 0.25) is 0 Å². The van der Waals surface area contributed by atoms with Crippen molar-refractivity contribution in [3.8, 4) is 0 Å². The van der Waals surface area contributed by atoms with Crippen molar-refractivity contribution in [1.82, 2.24) is 21.5 Å². The zero-order valence-electron chi connectivity index (χ0n) is 25.8. The fourth-order valence-electron chi connectivity index (χ4n) is 5.13. The fourth-order valence-corrected chi connectivity index (χ4v) is 5.13. The summed E-state index contributed by atoms with van der Waals surface area (Å²) < 4.78 is 10.9. The fraction of sp³-hybridized carbons (Fsp3) is 0.243. The van der Waals surface area contributed by atoms with E-state index >= 15 is 0 Å². The van der Waals surface area contributed by atoms with E-state index < -0.39 is 42.0 Å². The second-order valence-corrected chi connectivity index (χ2v) is 11.3. The van der Waals surface area contributed by atoms with Gasteiger partial charge >= 0.3 is 6.09 Å². The Morgan fingerprint density at radius 2 is 1.09 bits per heavy atom. The van der Waals surface area contributed by atoms with Gasteiger partial charge < -0.3 is 20.1 Å².